The van der Waals surface area contributed by atoms with Gasteiger partial charge in [0.05, 0.1) is 15.5 Å². The van der Waals surface area contributed by atoms with E-state index in [4.69, 9.17) is 5.11 Å². The number of aryl methyl sites for hydroxylation is 2. The standard InChI is InChI=1S/C21H28N2O6S2/c1-5-23(6-2)31(28,29)19-13-15(3)16(4)20(14-19)22-30(26,27)18-10-7-17(8-11-18)9-12-21(24)25/h7-8,10-11,13-14,22H,5-6,9,12H2,1-4H3,(H,24,25). The molecule has 0 radical (unpaired) electrons. The highest BCUT2D eigenvalue weighted by molar-refractivity contribution is 7.92. The molecule has 0 saturated heterocycles. The lowest BCUT2D eigenvalue weighted by molar-refractivity contribution is -0.136. The predicted octanol–water partition coefficient (Wildman–Crippen LogP) is 3.15. The van der Waals surface area contributed by atoms with Crippen molar-refractivity contribution in [3.05, 3.63) is 53.1 Å². The molecule has 2 aromatic rings. The van der Waals surface area contributed by atoms with Gasteiger partial charge < -0.3 is 5.11 Å². The maximum Gasteiger partial charge on any atom is 0.303 e. The van der Waals surface area contributed by atoms with Crippen LogP contribution in [0.5, 0.6) is 0 Å². The Morgan fingerprint density at radius 1 is 0.968 bits per heavy atom. The molecule has 10 heteroatoms. The van der Waals surface area contributed by atoms with Crippen LogP contribution in [0, 0.1) is 13.8 Å². The van der Waals surface area contributed by atoms with E-state index >= 15 is 0 Å². The molecule has 2 rings (SSSR count). The van der Waals surface area contributed by atoms with E-state index < -0.39 is 26.0 Å². The molecule has 0 aliphatic heterocycles. The molecule has 0 spiro atoms. The first kappa shape index (κ1) is 24.8. The fraction of sp³-hybridized carbons (Fsp3) is 0.381. The van der Waals surface area contributed by atoms with Gasteiger partial charge in [-0.2, -0.15) is 4.31 Å². The molecule has 0 saturated carbocycles. The molecule has 2 N–H and O–H groups in total. The van der Waals surface area contributed by atoms with Crippen molar-refractivity contribution in [1.82, 2.24) is 4.31 Å². The van der Waals surface area contributed by atoms with E-state index in [2.05, 4.69) is 4.72 Å². The van der Waals surface area contributed by atoms with Crippen LogP contribution < -0.4 is 4.72 Å². The third kappa shape index (κ3) is 5.84. The Morgan fingerprint density at radius 3 is 2.06 bits per heavy atom. The van der Waals surface area contributed by atoms with Gasteiger partial charge in [0.25, 0.3) is 10.0 Å². The Balaban J connectivity index is 2.39. The number of carbonyl (C=O) groups is 1. The number of nitrogens with zero attached hydrogens (tertiary/aromatic N) is 1. The van der Waals surface area contributed by atoms with Gasteiger partial charge in [-0.15, -0.1) is 0 Å². The second-order valence-electron chi connectivity index (χ2n) is 7.15. The summed E-state index contributed by atoms with van der Waals surface area (Å²) in [5.74, 6) is -0.927. The zero-order valence-corrected chi connectivity index (χ0v) is 19.7. The van der Waals surface area contributed by atoms with Crippen molar-refractivity contribution in [1.29, 1.82) is 0 Å². The Labute approximate surface area is 184 Å². The van der Waals surface area contributed by atoms with Crippen molar-refractivity contribution in [2.45, 2.75) is 50.3 Å². The van der Waals surface area contributed by atoms with Crippen LogP contribution >= 0.6 is 0 Å². The van der Waals surface area contributed by atoms with Gasteiger partial charge in [0.1, 0.15) is 0 Å². The summed E-state index contributed by atoms with van der Waals surface area (Å²) >= 11 is 0. The van der Waals surface area contributed by atoms with Crippen molar-refractivity contribution in [3.63, 3.8) is 0 Å². The maximum atomic E-state index is 12.9. The molecule has 170 valence electrons. The zero-order valence-electron chi connectivity index (χ0n) is 18.0. The molecule has 0 bridgehead atoms. The average Bonchev–Trinajstić information content (AvgIpc) is 2.70. The normalized spacial score (nSPS) is 12.2. The van der Waals surface area contributed by atoms with Crippen LogP contribution in [0.1, 0.15) is 37.0 Å². The minimum Gasteiger partial charge on any atom is -0.481 e. The molecule has 0 unspecified atom stereocenters. The summed E-state index contributed by atoms with van der Waals surface area (Å²) in [6, 6.07) is 8.82. The number of aliphatic carboxylic acids is 1. The van der Waals surface area contributed by atoms with Gasteiger partial charge in [0.2, 0.25) is 10.0 Å². The van der Waals surface area contributed by atoms with Crippen molar-refractivity contribution in [2.75, 3.05) is 17.8 Å². The Morgan fingerprint density at radius 2 is 1.55 bits per heavy atom. The molecule has 31 heavy (non-hydrogen) atoms. The van der Waals surface area contributed by atoms with E-state index in [9.17, 15) is 21.6 Å². The lowest BCUT2D eigenvalue weighted by Crippen LogP contribution is -2.30. The number of hydrogen-bond acceptors (Lipinski definition) is 5. The summed E-state index contributed by atoms with van der Waals surface area (Å²) in [7, 11) is -7.72. The predicted molar refractivity (Wildman–Crippen MR) is 119 cm³/mol. The first-order valence-corrected chi connectivity index (χ1v) is 12.8. The third-order valence-electron chi connectivity index (χ3n) is 5.09. The third-order valence-corrected chi connectivity index (χ3v) is 8.50. The SMILES string of the molecule is CCN(CC)S(=O)(=O)c1cc(C)c(C)c(NS(=O)(=O)c2ccc(CCC(=O)O)cc2)c1. The molecule has 0 aromatic heterocycles. The summed E-state index contributed by atoms with van der Waals surface area (Å²) in [6.07, 6.45) is 0.253. The Hall–Kier alpha value is -2.43. The summed E-state index contributed by atoms with van der Waals surface area (Å²) in [4.78, 5) is 10.7. The zero-order chi connectivity index (χ0) is 23.4. The summed E-state index contributed by atoms with van der Waals surface area (Å²) in [5, 5.41) is 8.76. The summed E-state index contributed by atoms with van der Waals surface area (Å²) in [6.45, 7) is 7.54. The smallest absolute Gasteiger partial charge is 0.303 e. The van der Waals surface area contributed by atoms with E-state index in [-0.39, 0.29) is 21.9 Å². The van der Waals surface area contributed by atoms with Crippen LogP contribution in [0.25, 0.3) is 0 Å². The van der Waals surface area contributed by atoms with Crippen LogP contribution in [-0.2, 0) is 31.3 Å². The second kappa shape index (κ2) is 9.80. The van der Waals surface area contributed by atoms with Gasteiger partial charge in [-0.3, -0.25) is 9.52 Å². The Kier molecular flexibility index (Phi) is 7.85. The minimum absolute atomic E-state index is 0.000584. The summed E-state index contributed by atoms with van der Waals surface area (Å²) in [5.41, 5.74) is 2.18. The van der Waals surface area contributed by atoms with Crippen molar-refractivity contribution < 1.29 is 26.7 Å². The molecule has 0 heterocycles. The van der Waals surface area contributed by atoms with Crippen LogP contribution in [-0.4, -0.2) is 45.3 Å². The second-order valence-corrected chi connectivity index (χ2v) is 10.8. The largest absolute Gasteiger partial charge is 0.481 e. The minimum atomic E-state index is -3.97. The fourth-order valence-corrected chi connectivity index (χ4v) is 5.77. The van der Waals surface area contributed by atoms with Crippen LogP contribution in [0.4, 0.5) is 5.69 Å². The molecule has 8 nitrogen and oxygen atoms in total. The topological polar surface area (TPSA) is 121 Å². The highest BCUT2D eigenvalue weighted by atomic mass is 32.2. The van der Waals surface area contributed by atoms with Gasteiger partial charge in [-0.1, -0.05) is 26.0 Å². The van der Waals surface area contributed by atoms with Crippen LogP contribution in [0.2, 0.25) is 0 Å². The molecular formula is C21H28N2O6S2. The number of rotatable bonds is 10. The molecule has 0 aliphatic carbocycles. The number of anilines is 1. The monoisotopic (exact) mass is 468 g/mol. The maximum absolute atomic E-state index is 12.9. The van der Waals surface area contributed by atoms with Gasteiger partial charge >= 0.3 is 5.97 Å². The van der Waals surface area contributed by atoms with E-state index in [1.54, 1.807) is 39.8 Å². The number of carboxylic acids is 1. The molecule has 0 aliphatic rings. The number of carboxylic acid groups (broad SMARTS) is 1. The lowest BCUT2D eigenvalue weighted by Gasteiger charge is -2.20. The van der Waals surface area contributed by atoms with Crippen LogP contribution in [0.15, 0.2) is 46.2 Å². The molecule has 2 aromatic carbocycles. The number of hydrogen-bond donors (Lipinski definition) is 2. The molecular weight excluding hydrogens is 440 g/mol. The summed E-state index contributed by atoms with van der Waals surface area (Å²) < 4.78 is 55.4. The van der Waals surface area contributed by atoms with E-state index in [0.29, 0.717) is 36.2 Å². The lowest BCUT2D eigenvalue weighted by atomic mass is 10.1. The number of benzene rings is 2. The first-order chi connectivity index (χ1) is 14.4. The van der Waals surface area contributed by atoms with Gasteiger partial charge in [0.15, 0.2) is 0 Å². The molecule has 0 amide bonds. The molecule has 0 atom stereocenters. The van der Waals surface area contributed by atoms with Crippen LogP contribution in [0.3, 0.4) is 0 Å². The quantitative estimate of drug-likeness (QED) is 0.553. The Bertz CT molecular complexity index is 1150. The van der Waals surface area contributed by atoms with Crippen molar-refractivity contribution in [2.24, 2.45) is 0 Å². The van der Waals surface area contributed by atoms with Gasteiger partial charge in [-0.05, 0) is 61.2 Å². The van der Waals surface area contributed by atoms with E-state index in [1.165, 1.54) is 28.6 Å². The molecule has 0 fully saturated rings. The fourth-order valence-electron chi connectivity index (χ4n) is 3.08. The van der Waals surface area contributed by atoms with Gasteiger partial charge in [-0.25, -0.2) is 16.8 Å². The first-order valence-electron chi connectivity index (χ1n) is 9.87. The number of sulfonamides is 2. The highest BCUT2D eigenvalue weighted by Gasteiger charge is 2.24. The van der Waals surface area contributed by atoms with E-state index in [0.717, 1.165) is 0 Å². The van der Waals surface area contributed by atoms with Crippen molar-refractivity contribution >= 4 is 31.7 Å². The van der Waals surface area contributed by atoms with Gasteiger partial charge in [0, 0.05) is 19.5 Å². The van der Waals surface area contributed by atoms with E-state index in [1.807, 2.05) is 0 Å². The number of nitrogens with one attached hydrogen (secondary N) is 1. The van der Waals surface area contributed by atoms with Crippen molar-refractivity contribution in [3.8, 4) is 0 Å². The average molecular weight is 469 g/mol. The highest BCUT2D eigenvalue weighted by Crippen LogP contribution is 2.28.